The third-order valence-corrected chi connectivity index (χ3v) is 7.37. The SMILES string of the molecule is C=CC(=O)NC.CC1(Cn2c(=O)[nH]c(=O)c3cc(S(=O)(=O)NC4(C)CC4)ccc32)CC1. The largest absolute Gasteiger partial charge is 0.356 e. The highest BCUT2D eigenvalue weighted by Crippen LogP contribution is 2.46. The van der Waals surface area contributed by atoms with Crippen molar-refractivity contribution in [3.05, 3.63) is 51.7 Å². The van der Waals surface area contributed by atoms with Crippen LogP contribution in [-0.4, -0.2) is 36.5 Å². The van der Waals surface area contributed by atoms with Crippen LogP contribution in [0.1, 0.15) is 39.5 Å². The molecule has 0 bridgehead atoms. The molecular formula is C21H28N4O5S. The van der Waals surface area contributed by atoms with Crippen LogP contribution in [0.2, 0.25) is 0 Å². The lowest BCUT2D eigenvalue weighted by Gasteiger charge is -2.15. The molecule has 3 N–H and O–H groups in total. The molecule has 1 aromatic heterocycles. The summed E-state index contributed by atoms with van der Waals surface area (Å²) in [7, 11) is -2.14. The summed E-state index contributed by atoms with van der Waals surface area (Å²) in [5.74, 6) is -0.144. The Labute approximate surface area is 180 Å². The van der Waals surface area contributed by atoms with Crippen molar-refractivity contribution in [2.24, 2.45) is 5.41 Å². The number of carbonyl (C=O) groups is 1. The van der Waals surface area contributed by atoms with Gasteiger partial charge in [-0.15, -0.1) is 0 Å². The molecule has 31 heavy (non-hydrogen) atoms. The van der Waals surface area contributed by atoms with Crippen molar-refractivity contribution in [3.8, 4) is 0 Å². The molecule has 2 aromatic rings. The molecule has 9 nitrogen and oxygen atoms in total. The summed E-state index contributed by atoms with van der Waals surface area (Å²) in [6.07, 6.45) is 4.90. The first-order valence-corrected chi connectivity index (χ1v) is 11.6. The van der Waals surface area contributed by atoms with Crippen molar-refractivity contribution in [1.29, 1.82) is 0 Å². The average Bonchev–Trinajstić information content (AvgIpc) is 3.63. The number of rotatable bonds is 6. The molecule has 4 rings (SSSR count). The number of nitrogens with zero attached hydrogens (tertiary/aromatic N) is 1. The Morgan fingerprint density at radius 3 is 2.35 bits per heavy atom. The van der Waals surface area contributed by atoms with Gasteiger partial charge in [-0.25, -0.2) is 17.9 Å². The number of carbonyl (C=O) groups excluding carboxylic acids is 1. The molecule has 0 aliphatic heterocycles. The maximum atomic E-state index is 12.5. The fraction of sp³-hybridized carbons (Fsp3) is 0.476. The number of sulfonamides is 1. The Hall–Kier alpha value is -2.72. The van der Waals surface area contributed by atoms with Gasteiger partial charge in [-0.1, -0.05) is 13.5 Å². The number of hydrogen-bond acceptors (Lipinski definition) is 5. The maximum absolute atomic E-state index is 12.5. The Balaban J connectivity index is 0.000000401. The molecule has 1 amide bonds. The Kier molecular flexibility index (Phi) is 5.98. The molecule has 10 heteroatoms. The van der Waals surface area contributed by atoms with E-state index in [2.05, 4.69) is 28.5 Å². The van der Waals surface area contributed by atoms with Gasteiger partial charge in [0.2, 0.25) is 15.9 Å². The first kappa shape index (κ1) is 23.0. The number of benzene rings is 1. The first-order chi connectivity index (χ1) is 14.4. The van der Waals surface area contributed by atoms with Gasteiger partial charge < -0.3 is 5.32 Å². The zero-order valence-electron chi connectivity index (χ0n) is 17.9. The first-order valence-electron chi connectivity index (χ1n) is 10.1. The number of hydrogen-bond donors (Lipinski definition) is 3. The second kappa shape index (κ2) is 8.08. The Morgan fingerprint density at radius 2 is 1.87 bits per heavy atom. The van der Waals surface area contributed by atoms with Crippen LogP contribution in [0.3, 0.4) is 0 Å². The van der Waals surface area contributed by atoms with Crippen LogP contribution in [0.25, 0.3) is 10.9 Å². The van der Waals surface area contributed by atoms with Crippen LogP contribution >= 0.6 is 0 Å². The summed E-state index contributed by atoms with van der Waals surface area (Å²) in [4.78, 5) is 36.7. The molecule has 2 aliphatic rings. The summed E-state index contributed by atoms with van der Waals surface area (Å²) in [5.41, 5.74) is -0.864. The fourth-order valence-electron chi connectivity index (χ4n) is 3.13. The van der Waals surface area contributed by atoms with Gasteiger partial charge in [0.1, 0.15) is 0 Å². The van der Waals surface area contributed by atoms with E-state index >= 15 is 0 Å². The molecule has 0 unspecified atom stereocenters. The zero-order chi connectivity index (χ0) is 23.0. The Bertz CT molecular complexity index is 1250. The van der Waals surface area contributed by atoms with E-state index in [1.165, 1.54) is 22.8 Å². The van der Waals surface area contributed by atoms with E-state index in [9.17, 15) is 22.8 Å². The summed E-state index contributed by atoms with van der Waals surface area (Å²) in [6, 6.07) is 4.37. The average molecular weight is 449 g/mol. The number of amides is 1. The van der Waals surface area contributed by atoms with Gasteiger partial charge in [-0.05, 0) is 62.3 Å². The molecule has 1 aromatic carbocycles. The lowest BCUT2D eigenvalue weighted by molar-refractivity contribution is -0.116. The maximum Gasteiger partial charge on any atom is 0.328 e. The molecule has 0 atom stereocenters. The number of fused-ring (bicyclic) bond motifs is 1. The number of likely N-dealkylation sites (N-methyl/N-ethyl adjacent to an activating group) is 1. The predicted octanol–water partition coefficient (Wildman–Crippen LogP) is 1.24. The highest BCUT2D eigenvalue weighted by molar-refractivity contribution is 7.89. The van der Waals surface area contributed by atoms with Crippen molar-refractivity contribution in [3.63, 3.8) is 0 Å². The van der Waals surface area contributed by atoms with Gasteiger partial charge >= 0.3 is 5.69 Å². The minimum atomic E-state index is -3.70. The van der Waals surface area contributed by atoms with E-state index in [0.717, 1.165) is 25.7 Å². The second-order valence-corrected chi connectivity index (χ2v) is 10.5. The minimum Gasteiger partial charge on any atom is -0.356 e. The quantitative estimate of drug-likeness (QED) is 0.573. The second-order valence-electron chi connectivity index (χ2n) is 8.82. The smallest absolute Gasteiger partial charge is 0.328 e. The van der Waals surface area contributed by atoms with Crippen LogP contribution in [0.5, 0.6) is 0 Å². The monoisotopic (exact) mass is 448 g/mol. The predicted molar refractivity (Wildman–Crippen MR) is 118 cm³/mol. The van der Waals surface area contributed by atoms with E-state index in [4.69, 9.17) is 0 Å². The normalized spacial score (nSPS) is 17.9. The third-order valence-electron chi connectivity index (χ3n) is 5.74. The number of aromatic amines is 1. The fourth-order valence-corrected chi connectivity index (χ4v) is 4.62. The van der Waals surface area contributed by atoms with Gasteiger partial charge in [0.15, 0.2) is 0 Å². The van der Waals surface area contributed by atoms with E-state index in [1.807, 2.05) is 6.92 Å². The lowest BCUT2D eigenvalue weighted by atomic mass is 10.1. The molecule has 2 saturated carbocycles. The third kappa shape index (κ3) is 5.31. The van der Waals surface area contributed by atoms with Crippen LogP contribution in [0.15, 0.2) is 45.3 Å². The van der Waals surface area contributed by atoms with Gasteiger partial charge in [-0.3, -0.25) is 19.1 Å². The van der Waals surface area contributed by atoms with Gasteiger partial charge in [0.05, 0.1) is 15.8 Å². The molecule has 0 saturated heterocycles. The molecule has 0 spiro atoms. The number of nitrogens with one attached hydrogen (secondary N) is 3. The summed E-state index contributed by atoms with van der Waals surface area (Å²) < 4.78 is 29.3. The topological polar surface area (TPSA) is 130 Å². The molecule has 168 valence electrons. The van der Waals surface area contributed by atoms with Crippen molar-refractivity contribution in [2.75, 3.05) is 7.05 Å². The molecule has 1 heterocycles. The van der Waals surface area contributed by atoms with Crippen LogP contribution < -0.4 is 21.3 Å². The van der Waals surface area contributed by atoms with E-state index < -0.39 is 21.3 Å². The van der Waals surface area contributed by atoms with Gasteiger partial charge in [0, 0.05) is 19.1 Å². The summed E-state index contributed by atoms with van der Waals surface area (Å²) in [5, 5.41) is 2.57. The summed E-state index contributed by atoms with van der Waals surface area (Å²) >= 11 is 0. The van der Waals surface area contributed by atoms with Crippen LogP contribution in [-0.2, 0) is 21.4 Å². The van der Waals surface area contributed by atoms with Gasteiger partial charge in [-0.2, -0.15) is 0 Å². The summed E-state index contributed by atoms with van der Waals surface area (Å²) in [6.45, 7) is 7.68. The van der Waals surface area contributed by atoms with Crippen molar-refractivity contribution in [1.82, 2.24) is 19.6 Å². The number of H-pyrrole nitrogens is 1. The van der Waals surface area contributed by atoms with Crippen molar-refractivity contribution < 1.29 is 13.2 Å². The van der Waals surface area contributed by atoms with Crippen LogP contribution in [0.4, 0.5) is 0 Å². The number of aromatic nitrogens is 2. The van der Waals surface area contributed by atoms with Crippen LogP contribution in [0, 0.1) is 5.41 Å². The lowest BCUT2D eigenvalue weighted by Crippen LogP contribution is -2.35. The minimum absolute atomic E-state index is 0.0430. The Morgan fingerprint density at radius 1 is 1.23 bits per heavy atom. The van der Waals surface area contributed by atoms with Crippen molar-refractivity contribution >= 4 is 26.8 Å². The van der Waals surface area contributed by atoms with Gasteiger partial charge in [0.25, 0.3) is 5.56 Å². The van der Waals surface area contributed by atoms with Crippen molar-refractivity contribution in [2.45, 2.75) is 56.5 Å². The molecule has 2 fully saturated rings. The molecule has 0 radical (unpaired) electrons. The van der Waals surface area contributed by atoms with E-state index in [1.54, 1.807) is 13.1 Å². The van der Waals surface area contributed by atoms with E-state index in [-0.39, 0.29) is 27.1 Å². The standard InChI is InChI=1S/C17H21N3O4S.C4H7NO/c1-16(5-6-16)10-20-13-4-3-11(9-12(13)14(21)18-15(20)22)25(23,24)19-17(2)7-8-17;1-3-4(6)5-2/h3-4,9,19H,5-8,10H2,1-2H3,(H,18,21,22);3H,1H2,2H3,(H,5,6). The molecule has 2 aliphatic carbocycles. The molecular weight excluding hydrogens is 420 g/mol. The van der Waals surface area contributed by atoms with E-state index in [0.29, 0.717) is 12.1 Å². The zero-order valence-corrected chi connectivity index (χ0v) is 18.8. The highest BCUT2D eigenvalue weighted by Gasteiger charge is 2.41. The highest BCUT2D eigenvalue weighted by atomic mass is 32.2.